The Morgan fingerprint density at radius 1 is 1.38 bits per heavy atom. The Balaban J connectivity index is 2.42. The Morgan fingerprint density at radius 2 is 2.06 bits per heavy atom. The topological polar surface area (TPSA) is 23.5 Å². The van der Waals surface area contributed by atoms with Gasteiger partial charge in [0.1, 0.15) is 0 Å². The Morgan fingerprint density at radius 3 is 2.69 bits per heavy atom. The molecule has 0 aromatic heterocycles. The minimum atomic E-state index is -4.32. The van der Waals surface area contributed by atoms with Gasteiger partial charge in [-0.1, -0.05) is 6.07 Å². The molecule has 88 valence electrons. The zero-order valence-electron chi connectivity index (χ0n) is 8.75. The summed E-state index contributed by atoms with van der Waals surface area (Å²) in [5, 5.41) is 9.70. The van der Waals surface area contributed by atoms with Crippen LogP contribution in [-0.4, -0.2) is 23.6 Å². The summed E-state index contributed by atoms with van der Waals surface area (Å²) < 4.78 is 37.4. The van der Waals surface area contributed by atoms with E-state index in [4.69, 9.17) is 0 Å². The molecule has 0 saturated heterocycles. The molecule has 1 aliphatic rings. The number of nitrogens with zero attached hydrogens (tertiary/aromatic N) is 1. The van der Waals surface area contributed by atoms with Crippen molar-refractivity contribution in [3.05, 3.63) is 34.9 Å². The molecule has 2 nitrogen and oxygen atoms in total. The third-order valence-electron chi connectivity index (χ3n) is 2.75. The summed E-state index contributed by atoms with van der Waals surface area (Å²) in [5.41, 5.74) is 0.496. The van der Waals surface area contributed by atoms with Crippen molar-refractivity contribution < 1.29 is 18.3 Å². The predicted molar refractivity (Wildman–Crippen MR) is 52.7 cm³/mol. The molecule has 0 saturated carbocycles. The average molecular weight is 231 g/mol. The average Bonchev–Trinajstić information content (AvgIpc) is 2.15. The SMILES string of the molecule is CN1Cc2cc(C(F)(F)F)ccc2C(O)C1. The lowest BCUT2D eigenvalue weighted by Crippen LogP contribution is -2.30. The molecule has 1 N–H and O–H groups in total. The Hall–Kier alpha value is -1.07. The number of benzene rings is 1. The van der Waals surface area contributed by atoms with Gasteiger partial charge in [0.25, 0.3) is 0 Å². The molecule has 5 heteroatoms. The first-order valence-electron chi connectivity index (χ1n) is 4.94. The van der Waals surface area contributed by atoms with Gasteiger partial charge in [0.15, 0.2) is 0 Å². The minimum Gasteiger partial charge on any atom is -0.387 e. The number of β-amino-alcohol motifs (C(OH)–C–C–N with tert-alkyl or cyclic N) is 1. The highest BCUT2D eigenvalue weighted by Crippen LogP contribution is 2.33. The van der Waals surface area contributed by atoms with Crippen LogP contribution < -0.4 is 0 Å². The molecule has 0 aliphatic carbocycles. The van der Waals surface area contributed by atoms with E-state index < -0.39 is 17.8 Å². The summed E-state index contributed by atoms with van der Waals surface area (Å²) in [4.78, 5) is 1.80. The van der Waals surface area contributed by atoms with Crippen LogP contribution in [0.2, 0.25) is 0 Å². The zero-order chi connectivity index (χ0) is 11.9. The number of halogens is 3. The van der Waals surface area contributed by atoms with E-state index in [0.717, 1.165) is 12.1 Å². The molecular weight excluding hydrogens is 219 g/mol. The van der Waals surface area contributed by atoms with E-state index in [2.05, 4.69) is 0 Å². The smallest absolute Gasteiger partial charge is 0.387 e. The van der Waals surface area contributed by atoms with Gasteiger partial charge in [-0.25, -0.2) is 0 Å². The maximum atomic E-state index is 12.5. The first-order chi connectivity index (χ1) is 7.38. The van der Waals surface area contributed by atoms with Crippen LogP contribution in [0, 0.1) is 0 Å². The molecule has 1 unspecified atom stereocenters. The molecule has 0 bridgehead atoms. The number of alkyl halides is 3. The number of likely N-dealkylation sites (N-methyl/N-ethyl adjacent to an activating group) is 1. The maximum Gasteiger partial charge on any atom is 0.416 e. The van der Waals surface area contributed by atoms with Crippen molar-refractivity contribution in [2.24, 2.45) is 0 Å². The van der Waals surface area contributed by atoms with Crippen molar-refractivity contribution in [3.63, 3.8) is 0 Å². The summed E-state index contributed by atoms with van der Waals surface area (Å²) in [5.74, 6) is 0. The van der Waals surface area contributed by atoms with Crippen LogP contribution in [0.25, 0.3) is 0 Å². The van der Waals surface area contributed by atoms with Crippen LogP contribution in [0.3, 0.4) is 0 Å². The van der Waals surface area contributed by atoms with Gasteiger partial charge in [-0.15, -0.1) is 0 Å². The lowest BCUT2D eigenvalue weighted by atomic mass is 9.95. The normalized spacial score (nSPS) is 21.9. The van der Waals surface area contributed by atoms with Crippen LogP contribution in [0.5, 0.6) is 0 Å². The quantitative estimate of drug-likeness (QED) is 0.739. The van der Waals surface area contributed by atoms with Gasteiger partial charge in [-0.3, -0.25) is 4.90 Å². The van der Waals surface area contributed by atoms with Crippen LogP contribution in [-0.2, 0) is 12.7 Å². The van der Waals surface area contributed by atoms with E-state index in [0.29, 0.717) is 24.2 Å². The van der Waals surface area contributed by atoms with Crippen molar-refractivity contribution in [2.45, 2.75) is 18.8 Å². The number of rotatable bonds is 0. The summed E-state index contributed by atoms with van der Waals surface area (Å²) in [6.07, 6.45) is -5.02. The van der Waals surface area contributed by atoms with E-state index in [-0.39, 0.29) is 0 Å². The van der Waals surface area contributed by atoms with Crippen molar-refractivity contribution in [1.82, 2.24) is 4.90 Å². The number of hydrogen-bond acceptors (Lipinski definition) is 2. The highest BCUT2D eigenvalue weighted by Gasteiger charge is 2.32. The van der Waals surface area contributed by atoms with E-state index >= 15 is 0 Å². The maximum absolute atomic E-state index is 12.5. The van der Waals surface area contributed by atoms with Gasteiger partial charge in [0, 0.05) is 13.1 Å². The predicted octanol–water partition coefficient (Wildman–Crippen LogP) is 2.18. The third kappa shape index (κ3) is 2.05. The largest absolute Gasteiger partial charge is 0.416 e. The molecule has 1 aliphatic heterocycles. The van der Waals surface area contributed by atoms with Crippen LogP contribution in [0.15, 0.2) is 18.2 Å². The van der Waals surface area contributed by atoms with E-state index in [9.17, 15) is 18.3 Å². The summed E-state index contributed by atoms with van der Waals surface area (Å²) >= 11 is 0. The fourth-order valence-corrected chi connectivity index (χ4v) is 1.99. The monoisotopic (exact) mass is 231 g/mol. The highest BCUT2D eigenvalue weighted by atomic mass is 19.4. The van der Waals surface area contributed by atoms with Crippen molar-refractivity contribution in [3.8, 4) is 0 Å². The summed E-state index contributed by atoms with van der Waals surface area (Å²) in [6, 6.07) is 3.51. The van der Waals surface area contributed by atoms with Crippen LogP contribution in [0.4, 0.5) is 13.2 Å². The molecule has 16 heavy (non-hydrogen) atoms. The number of aliphatic hydroxyl groups is 1. The second-order valence-electron chi connectivity index (χ2n) is 4.12. The van der Waals surface area contributed by atoms with Crippen molar-refractivity contribution in [1.29, 1.82) is 0 Å². The second kappa shape index (κ2) is 3.75. The summed E-state index contributed by atoms with van der Waals surface area (Å²) in [6.45, 7) is 0.897. The molecule has 1 aromatic carbocycles. The first-order valence-corrected chi connectivity index (χ1v) is 4.94. The third-order valence-corrected chi connectivity index (χ3v) is 2.75. The highest BCUT2D eigenvalue weighted by molar-refractivity contribution is 5.36. The fourth-order valence-electron chi connectivity index (χ4n) is 1.99. The number of aliphatic hydroxyl groups excluding tert-OH is 1. The number of hydrogen-bond donors (Lipinski definition) is 1. The van der Waals surface area contributed by atoms with E-state index in [1.54, 1.807) is 11.9 Å². The van der Waals surface area contributed by atoms with Gasteiger partial charge in [0.2, 0.25) is 0 Å². The first kappa shape index (κ1) is 11.4. The van der Waals surface area contributed by atoms with Crippen molar-refractivity contribution >= 4 is 0 Å². The number of fused-ring (bicyclic) bond motifs is 1. The zero-order valence-corrected chi connectivity index (χ0v) is 8.75. The van der Waals surface area contributed by atoms with Gasteiger partial charge in [-0.2, -0.15) is 13.2 Å². The van der Waals surface area contributed by atoms with Crippen molar-refractivity contribution in [2.75, 3.05) is 13.6 Å². The lowest BCUT2D eigenvalue weighted by Gasteiger charge is -2.29. The molecule has 0 amide bonds. The Bertz CT molecular complexity index is 403. The lowest BCUT2D eigenvalue weighted by molar-refractivity contribution is -0.137. The molecule has 0 radical (unpaired) electrons. The molecule has 2 rings (SSSR count). The molecule has 0 spiro atoms. The van der Waals surface area contributed by atoms with Gasteiger partial charge >= 0.3 is 6.18 Å². The molecule has 1 atom stereocenters. The van der Waals surface area contributed by atoms with Gasteiger partial charge in [0.05, 0.1) is 11.7 Å². The van der Waals surface area contributed by atoms with E-state index in [1.165, 1.54) is 6.07 Å². The van der Waals surface area contributed by atoms with Crippen LogP contribution in [0.1, 0.15) is 22.8 Å². The van der Waals surface area contributed by atoms with Gasteiger partial charge < -0.3 is 5.11 Å². The van der Waals surface area contributed by atoms with Crippen LogP contribution >= 0.6 is 0 Å². The fraction of sp³-hybridized carbons (Fsp3) is 0.455. The summed E-state index contributed by atoms with van der Waals surface area (Å²) in [7, 11) is 1.77. The van der Waals surface area contributed by atoms with Gasteiger partial charge in [-0.05, 0) is 30.3 Å². The molecule has 0 fully saturated rings. The molecule has 1 heterocycles. The Kier molecular flexibility index (Phi) is 2.67. The Labute approximate surface area is 91.3 Å². The standard InChI is InChI=1S/C11H12F3NO/c1-15-5-7-4-8(11(12,13)14)2-3-9(7)10(16)6-15/h2-4,10,16H,5-6H2,1H3. The van der Waals surface area contributed by atoms with E-state index in [1.807, 2.05) is 0 Å². The minimum absolute atomic E-state index is 0.441. The second-order valence-corrected chi connectivity index (χ2v) is 4.12. The molecular formula is C11H12F3NO. The molecule has 1 aromatic rings.